The predicted molar refractivity (Wildman–Crippen MR) is 120 cm³/mol. The van der Waals surface area contributed by atoms with E-state index in [-0.39, 0.29) is 5.11 Å². The Hall–Kier alpha value is -1.96. The van der Waals surface area contributed by atoms with Crippen LogP contribution in [0.25, 0.3) is 0 Å². The molecule has 0 aliphatic carbocycles. The molecule has 0 saturated carbocycles. The van der Waals surface area contributed by atoms with E-state index in [2.05, 4.69) is 84.8 Å². The summed E-state index contributed by atoms with van der Waals surface area (Å²) in [5, 5.41) is 4.17. The molecule has 0 bridgehead atoms. The third kappa shape index (κ3) is 6.02. The Morgan fingerprint density at radius 2 is 1.96 bits per heavy atom. The van der Waals surface area contributed by atoms with Crippen LogP contribution in [0.15, 0.2) is 58.1 Å². The molecule has 0 spiro atoms. The minimum absolute atomic E-state index is 0.159. The average Bonchev–Trinajstić information content (AvgIpc) is 2.88. The van der Waals surface area contributed by atoms with Crippen molar-refractivity contribution in [2.75, 3.05) is 31.1 Å². The molecule has 0 amide bonds. The first-order valence-corrected chi connectivity index (χ1v) is 10.2. The molecule has 0 radical (unpaired) electrons. The van der Waals surface area contributed by atoms with Gasteiger partial charge < -0.3 is 10.6 Å². The fourth-order valence-corrected chi connectivity index (χ4v) is 3.94. The van der Waals surface area contributed by atoms with E-state index >= 15 is 0 Å². The molecule has 1 fully saturated rings. The van der Waals surface area contributed by atoms with E-state index in [9.17, 15) is 0 Å². The maximum atomic E-state index is 5.37. The second kappa shape index (κ2) is 9.82. The van der Waals surface area contributed by atoms with Crippen molar-refractivity contribution in [3.05, 3.63) is 64.1 Å². The number of anilines is 1. The number of hydrazone groups is 1. The molecule has 1 heterocycles. The van der Waals surface area contributed by atoms with Gasteiger partial charge in [-0.05, 0) is 57.8 Å². The van der Waals surface area contributed by atoms with Gasteiger partial charge in [0.1, 0.15) is 0 Å². The lowest BCUT2D eigenvalue weighted by atomic mass is 10.2. The van der Waals surface area contributed by atoms with Gasteiger partial charge in [0, 0.05) is 37.2 Å². The van der Waals surface area contributed by atoms with E-state index in [0.29, 0.717) is 0 Å². The molecular weight excluding hydrogens is 422 g/mol. The van der Waals surface area contributed by atoms with Crippen molar-refractivity contribution in [1.82, 2.24) is 10.3 Å². The molecule has 1 aliphatic rings. The second-order valence-corrected chi connectivity index (χ2v) is 7.84. The van der Waals surface area contributed by atoms with E-state index in [4.69, 9.17) is 18.0 Å². The summed E-state index contributed by atoms with van der Waals surface area (Å²) in [5.74, 6) is 0. The van der Waals surface area contributed by atoms with Gasteiger partial charge in [-0.25, -0.2) is 0 Å². The van der Waals surface area contributed by atoms with Crippen LogP contribution < -0.4 is 16.1 Å². The van der Waals surface area contributed by atoms with Crippen LogP contribution in [-0.4, -0.2) is 42.4 Å². The van der Waals surface area contributed by atoms with Gasteiger partial charge >= 0.3 is 0 Å². The lowest BCUT2D eigenvalue weighted by Crippen LogP contribution is -2.30. The number of nitrogens with two attached hydrogens (primary N) is 1. The zero-order chi connectivity index (χ0) is 19.1. The zero-order valence-corrected chi connectivity index (χ0v) is 17.5. The van der Waals surface area contributed by atoms with Crippen LogP contribution in [0.5, 0.6) is 0 Å². The first-order chi connectivity index (χ1) is 13.1. The summed E-state index contributed by atoms with van der Waals surface area (Å²) in [7, 11) is 0. The highest BCUT2D eigenvalue weighted by Crippen LogP contribution is 2.28. The Balaban J connectivity index is 1.61. The number of hydrogen-bond acceptors (Lipinski definition) is 4. The van der Waals surface area contributed by atoms with Gasteiger partial charge in [0.05, 0.1) is 11.9 Å². The van der Waals surface area contributed by atoms with E-state index in [1.165, 1.54) is 11.3 Å². The first kappa shape index (κ1) is 19.8. The summed E-state index contributed by atoms with van der Waals surface area (Å²) in [6.07, 6.45) is 2.86. The molecule has 1 saturated heterocycles. The van der Waals surface area contributed by atoms with Gasteiger partial charge in [-0.2, -0.15) is 5.10 Å². The average molecular weight is 446 g/mol. The Morgan fingerprint density at radius 1 is 1.15 bits per heavy atom. The second-order valence-electron chi connectivity index (χ2n) is 6.55. The topological polar surface area (TPSA) is 56.9 Å². The molecule has 2 aromatic carbocycles. The maximum Gasteiger partial charge on any atom is 0.184 e. The highest BCUT2D eigenvalue weighted by Gasteiger charge is 2.17. The summed E-state index contributed by atoms with van der Waals surface area (Å²) in [4.78, 5) is 4.98. The summed E-state index contributed by atoms with van der Waals surface area (Å²) >= 11 is 8.45. The molecule has 1 aliphatic heterocycles. The summed E-state index contributed by atoms with van der Waals surface area (Å²) in [6.45, 7) is 5.27. The highest BCUT2D eigenvalue weighted by molar-refractivity contribution is 9.10. The molecule has 3 rings (SSSR count). The number of thiocarbonyl (C=S) groups is 1. The lowest BCUT2D eigenvalue weighted by Gasteiger charge is -2.25. The van der Waals surface area contributed by atoms with E-state index in [1.807, 2.05) is 0 Å². The van der Waals surface area contributed by atoms with E-state index in [1.54, 1.807) is 6.21 Å². The first-order valence-electron chi connectivity index (χ1n) is 9.01. The fourth-order valence-electron chi connectivity index (χ4n) is 3.24. The number of rotatable bonds is 5. The van der Waals surface area contributed by atoms with Crippen LogP contribution in [0.4, 0.5) is 5.69 Å². The van der Waals surface area contributed by atoms with Crippen molar-refractivity contribution in [3.8, 4) is 0 Å². The highest BCUT2D eigenvalue weighted by atomic mass is 79.9. The van der Waals surface area contributed by atoms with Gasteiger partial charge in [-0.15, -0.1) is 0 Å². The van der Waals surface area contributed by atoms with Gasteiger partial charge in [0.15, 0.2) is 5.11 Å². The third-order valence-electron chi connectivity index (χ3n) is 4.54. The molecule has 27 heavy (non-hydrogen) atoms. The Bertz CT molecular complexity index is 796. The fraction of sp³-hybridized carbons (Fsp3) is 0.300. The smallest absolute Gasteiger partial charge is 0.184 e. The summed E-state index contributed by atoms with van der Waals surface area (Å²) < 4.78 is 1.07. The zero-order valence-electron chi connectivity index (χ0n) is 15.1. The molecule has 3 N–H and O–H groups in total. The van der Waals surface area contributed by atoms with Crippen molar-refractivity contribution >= 4 is 45.2 Å². The standard InChI is InChI=1S/C20H24BrN5S/c21-18-13-17(14-23-24-20(22)27)7-8-19(18)26-10-4-9-25(11-12-26)15-16-5-2-1-3-6-16/h1-3,5-8,13-14H,4,9-12,15H2,(H3,22,24,27). The number of halogens is 1. The molecule has 7 heteroatoms. The Morgan fingerprint density at radius 3 is 2.70 bits per heavy atom. The van der Waals surface area contributed by atoms with Crippen molar-refractivity contribution in [1.29, 1.82) is 0 Å². The van der Waals surface area contributed by atoms with Gasteiger partial charge in [-0.3, -0.25) is 10.3 Å². The summed E-state index contributed by atoms with van der Waals surface area (Å²) in [6, 6.07) is 16.9. The number of nitrogens with zero attached hydrogens (tertiary/aromatic N) is 3. The lowest BCUT2D eigenvalue weighted by molar-refractivity contribution is 0.285. The quantitative estimate of drug-likeness (QED) is 0.419. The van der Waals surface area contributed by atoms with Crippen molar-refractivity contribution < 1.29 is 0 Å². The monoisotopic (exact) mass is 445 g/mol. The molecule has 0 unspecified atom stereocenters. The molecule has 2 aromatic rings. The predicted octanol–water partition coefficient (Wildman–Crippen LogP) is 3.33. The minimum Gasteiger partial charge on any atom is -0.375 e. The van der Waals surface area contributed by atoms with Gasteiger partial charge in [-0.1, -0.05) is 36.4 Å². The molecule has 0 atom stereocenters. The van der Waals surface area contributed by atoms with Crippen molar-refractivity contribution in [2.45, 2.75) is 13.0 Å². The van der Waals surface area contributed by atoms with Crippen molar-refractivity contribution in [2.24, 2.45) is 10.8 Å². The number of benzene rings is 2. The van der Waals surface area contributed by atoms with Crippen molar-refractivity contribution in [3.63, 3.8) is 0 Å². The van der Waals surface area contributed by atoms with Gasteiger partial charge in [0.2, 0.25) is 0 Å². The SMILES string of the molecule is NC(=S)NN=Cc1ccc(N2CCCN(Cc3ccccc3)CC2)c(Br)c1. The third-order valence-corrected chi connectivity index (χ3v) is 5.26. The Labute approximate surface area is 174 Å². The normalized spacial score (nSPS) is 15.7. The summed E-state index contributed by atoms with van der Waals surface area (Å²) in [5.41, 5.74) is 11.5. The molecule has 5 nitrogen and oxygen atoms in total. The van der Waals surface area contributed by atoms with E-state index < -0.39 is 0 Å². The largest absolute Gasteiger partial charge is 0.375 e. The van der Waals surface area contributed by atoms with Crippen LogP contribution in [0.3, 0.4) is 0 Å². The van der Waals surface area contributed by atoms with E-state index in [0.717, 1.165) is 49.2 Å². The minimum atomic E-state index is 0.159. The maximum absolute atomic E-state index is 5.37. The molecular formula is C20H24BrN5S. The van der Waals surface area contributed by atoms with Crippen LogP contribution >= 0.6 is 28.1 Å². The number of hydrogen-bond donors (Lipinski definition) is 2. The molecule has 142 valence electrons. The Kier molecular flexibility index (Phi) is 7.20. The van der Waals surface area contributed by atoms with Crippen LogP contribution in [-0.2, 0) is 6.54 Å². The molecule has 0 aromatic heterocycles. The van der Waals surface area contributed by atoms with Crippen LogP contribution in [0.1, 0.15) is 17.5 Å². The van der Waals surface area contributed by atoms with Gasteiger partial charge in [0.25, 0.3) is 0 Å². The van der Waals surface area contributed by atoms with Crippen LogP contribution in [0.2, 0.25) is 0 Å². The van der Waals surface area contributed by atoms with Crippen LogP contribution in [0, 0.1) is 0 Å². The number of nitrogens with one attached hydrogen (secondary N) is 1.